The highest BCUT2D eigenvalue weighted by Gasteiger charge is 2.52. The minimum Gasteiger partial charge on any atom is -0.444 e. The van der Waals surface area contributed by atoms with Crippen LogP contribution < -0.4 is 5.32 Å². The van der Waals surface area contributed by atoms with E-state index >= 15 is 0 Å². The molecular weight excluding hydrogens is 338 g/mol. The summed E-state index contributed by atoms with van der Waals surface area (Å²) in [5.41, 5.74) is -0.605. The van der Waals surface area contributed by atoms with Crippen LogP contribution in [-0.4, -0.2) is 56.5 Å². The van der Waals surface area contributed by atoms with Crippen molar-refractivity contribution in [3.05, 3.63) is 0 Å². The Hall–Kier alpha value is -0.900. The van der Waals surface area contributed by atoms with E-state index in [-0.39, 0.29) is 6.04 Å². The number of fused-ring (bicyclic) bond motifs is 1. The Balaban J connectivity index is 2.10. The molecule has 0 unspecified atom stereocenters. The SMILES string of the molecule is CC(C)(C)OC(=O)N[C@@H]1CC[C@H](OS(C)(=O)=O)[C@H]2OC(C)(C)O[C@H]21. The molecule has 8 nitrogen and oxygen atoms in total. The van der Waals surface area contributed by atoms with Crippen LogP contribution in [0.4, 0.5) is 4.79 Å². The van der Waals surface area contributed by atoms with E-state index in [1.807, 2.05) is 0 Å². The molecular formula is C15H27NO7S. The monoisotopic (exact) mass is 365 g/mol. The Kier molecular flexibility index (Phi) is 5.21. The molecule has 0 aromatic carbocycles. The van der Waals surface area contributed by atoms with Gasteiger partial charge in [-0.05, 0) is 47.5 Å². The molecule has 1 saturated heterocycles. The summed E-state index contributed by atoms with van der Waals surface area (Å²) in [6.45, 7) is 8.83. The fourth-order valence-corrected chi connectivity index (χ4v) is 3.68. The molecule has 2 rings (SSSR count). The molecule has 0 aromatic rings. The lowest BCUT2D eigenvalue weighted by atomic mass is 9.88. The Morgan fingerprint density at radius 3 is 2.29 bits per heavy atom. The summed E-state index contributed by atoms with van der Waals surface area (Å²) < 4.78 is 45.0. The van der Waals surface area contributed by atoms with Crippen LogP contribution >= 0.6 is 0 Å². The van der Waals surface area contributed by atoms with Gasteiger partial charge >= 0.3 is 6.09 Å². The van der Waals surface area contributed by atoms with E-state index < -0.39 is 45.9 Å². The Morgan fingerprint density at radius 1 is 1.17 bits per heavy atom. The highest BCUT2D eigenvalue weighted by molar-refractivity contribution is 7.86. The first-order valence-corrected chi connectivity index (χ1v) is 9.81. The first kappa shape index (κ1) is 19.4. The summed E-state index contributed by atoms with van der Waals surface area (Å²) in [4.78, 5) is 12.0. The number of amides is 1. The molecule has 1 saturated carbocycles. The maximum atomic E-state index is 12.0. The fourth-order valence-electron chi connectivity index (χ4n) is 3.03. The van der Waals surface area contributed by atoms with Gasteiger partial charge in [0.1, 0.15) is 23.9 Å². The van der Waals surface area contributed by atoms with E-state index in [1.165, 1.54) is 0 Å². The molecule has 2 fully saturated rings. The van der Waals surface area contributed by atoms with Crippen molar-refractivity contribution < 1.29 is 31.6 Å². The first-order chi connectivity index (χ1) is 10.8. The van der Waals surface area contributed by atoms with E-state index in [9.17, 15) is 13.2 Å². The van der Waals surface area contributed by atoms with Crippen molar-refractivity contribution in [1.29, 1.82) is 0 Å². The number of ether oxygens (including phenoxy) is 3. The normalized spacial score (nSPS) is 32.9. The van der Waals surface area contributed by atoms with Gasteiger partial charge in [-0.2, -0.15) is 8.42 Å². The van der Waals surface area contributed by atoms with Gasteiger partial charge in [0, 0.05) is 0 Å². The van der Waals surface area contributed by atoms with Crippen molar-refractivity contribution >= 4 is 16.2 Å². The van der Waals surface area contributed by atoms with Crippen LogP contribution in [0.2, 0.25) is 0 Å². The van der Waals surface area contributed by atoms with Crippen LogP contribution in [0.25, 0.3) is 0 Å². The molecule has 0 spiro atoms. The molecule has 140 valence electrons. The molecule has 9 heteroatoms. The molecule has 1 aliphatic carbocycles. The van der Waals surface area contributed by atoms with Crippen LogP contribution in [0.15, 0.2) is 0 Å². The van der Waals surface area contributed by atoms with Gasteiger partial charge in [-0.3, -0.25) is 4.18 Å². The number of alkyl carbamates (subject to hydrolysis) is 1. The lowest BCUT2D eigenvalue weighted by Crippen LogP contribution is -2.55. The van der Waals surface area contributed by atoms with Crippen molar-refractivity contribution in [3.8, 4) is 0 Å². The summed E-state index contributed by atoms with van der Waals surface area (Å²) >= 11 is 0. The topological polar surface area (TPSA) is 100 Å². The Bertz CT molecular complexity index is 581. The Morgan fingerprint density at radius 2 is 1.75 bits per heavy atom. The van der Waals surface area contributed by atoms with Crippen LogP contribution in [0.1, 0.15) is 47.5 Å². The molecule has 0 bridgehead atoms. The van der Waals surface area contributed by atoms with Crippen LogP contribution in [0.3, 0.4) is 0 Å². The molecule has 1 heterocycles. The van der Waals surface area contributed by atoms with Crippen LogP contribution in [-0.2, 0) is 28.5 Å². The second kappa shape index (κ2) is 6.44. The third kappa shape index (κ3) is 5.30. The number of rotatable bonds is 3. The zero-order chi connectivity index (χ0) is 18.3. The van der Waals surface area contributed by atoms with E-state index in [0.717, 1.165) is 6.26 Å². The van der Waals surface area contributed by atoms with Crippen molar-refractivity contribution in [2.24, 2.45) is 0 Å². The largest absolute Gasteiger partial charge is 0.444 e. The molecule has 1 amide bonds. The number of hydrogen-bond donors (Lipinski definition) is 1. The lowest BCUT2D eigenvalue weighted by molar-refractivity contribution is -0.152. The maximum absolute atomic E-state index is 12.0. The zero-order valence-electron chi connectivity index (χ0n) is 15.0. The first-order valence-electron chi connectivity index (χ1n) is 7.99. The average Bonchev–Trinajstić information content (AvgIpc) is 2.64. The average molecular weight is 365 g/mol. The van der Waals surface area contributed by atoms with Gasteiger partial charge < -0.3 is 19.5 Å². The smallest absolute Gasteiger partial charge is 0.407 e. The molecule has 1 N–H and O–H groups in total. The van der Waals surface area contributed by atoms with Crippen molar-refractivity contribution in [3.63, 3.8) is 0 Å². The summed E-state index contributed by atoms with van der Waals surface area (Å²) in [7, 11) is -3.61. The second-order valence-corrected chi connectivity index (χ2v) is 9.33. The fraction of sp³-hybridized carbons (Fsp3) is 0.933. The van der Waals surface area contributed by atoms with Gasteiger partial charge in [-0.1, -0.05) is 0 Å². The van der Waals surface area contributed by atoms with Gasteiger partial charge in [0.2, 0.25) is 0 Å². The standard InChI is InChI=1S/C15H27NO7S/c1-14(2,3)22-13(17)16-9-7-8-10(23-24(6,18)19)12-11(9)20-15(4,5)21-12/h9-12H,7-8H2,1-6H3,(H,16,17)/t9-,10+,11+,12-/m1/s1. The predicted molar refractivity (Wildman–Crippen MR) is 85.9 cm³/mol. The molecule has 4 atom stereocenters. The van der Waals surface area contributed by atoms with Gasteiger partial charge in [0.15, 0.2) is 5.79 Å². The highest BCUT2D eigenvalue weighted by atomic mass is 32.2. The minimum atomic E-state index is -3.61. The minimum absolute atomic E-state index is 0.342. The summed E-state index contributed by atoms with van der Waals surface area (Å²) in [6, 6.07) is -0.342. The summed E-state index contributed by atoms with van der Waals surface area (Å²) in [5.74, 6) is -0.882. The van der Waals surface area contributed by atoms with Gasteiger partial charge in [0.05, 0.1) is 12.3 Å². The second-order valence-electron chi connectivity index (χ2n) is 7.73. The maximum Gasteiger partial charge on any atom is 0.407 e. The Labute approximate surface area is 143 Å². The van der Waals surface area contributed by atoms with E-state index in [1.54, 1.807) is 34.6 Å². The molecule has 24 heavy (non-hydrogen) atoms. The number of carbonyl (C=O) groups is 1. The van der Waals surface area contributed by atoms with Crippen molar-refractivity contribution in [2.75, 3.05) is 6.26 Å². The molecule has 0 aromatic heterocycles. The zero-order valence-corrected chi connectivity index (χ0v) is 15.8. The van der Waals surface area contributed by atoms with Gasteiger partial charge in [-0.25, -0.2) is 4.79 Å². The van der Waals surface area contributed by atoms with Crippen LogP contribution in [0.5, 0.6) is 0 Å². The third-order valence-electron chi connectivity index (χ3n) is 3.69. The number of hydrogen-bond acceptors (Lipinski definition) is 7. The number of nitrogens with one attached hydrogen (secondary N) is 1. The van der Waals surface area contributed by atoms with Crippen molar-refractivity contribution in [2.45, 2.75) is 83.2 Å². The molecule has 0 radical (unpaired) electrons. The number of carbonyl (C=O) groups excluding carboxylic acids is 1. The highest BCUT2D eigenvalue weighted by Crippen LogP contribution is 2.38. The van der Waals surface area contributed by atoms with E-state index in [0.29, 0.717) is 12.8 Å². The van der Waals surface area contributed by atoms with E-state index in [4.69, 9.17) is 18.4 Å². The van der Waals surface area contributed by atoms with E-state index in [2.05, 4.69) is 5.32 Å². The predicted octanol–water partition coefficient (Wildman–Crippen LogP) is 1.54. The van der Waals surface area contributed by atoms with Crippen molar-refractivity contribution in [1.82, 2.24) is 5.32 Å². The third-order valence-corrected chi connectivity index (χ3v) is 4.29. The molecule has 2 aliphatic rings. The van der Waals surface area contributed by atoms with Gasteiger partial charge in [0.25, 0.3) is 10.1 Å². The lowest BCUT2D eigenvalue weighted by Gasteiger charge is -2.36. The van der Waals surface area contributed by atoms with Gasteiger partial charge in [-0.15, -0.1) is 0 Å². The van der Waals surface area contributed by atoms with Crippen LogP contribution in [0, 0.1) is 0 Å². The summed E-state index contributed by atoms with van der Waals surface area (Å²) in [6.07, 6.45) is -0.329. The quantitative estimate of drug-likeness (QED) is 0.757. The summed E-state index contributed by atoms with van der Waals surface area (Å²) in [5, 5.41) is 2.80. The molecule has 1 aliphatic heterocycles.